The molecule has 0 atom stereocenters. The van der Waals surface area contributed by atoms with Crippen molar-refractivity contribution in [3.05, 3.63) is 28.6 Å². The number of nitrogens with one attached hydrogen (secondary N) is 1. The molecule has 4 aliphatic rings. The van der Waals surface area contributed by atoms with Gasteiger partial charge in [0, 0.05) is 25.4 Å². The predicted octanol–water partition coefficient (Wildman–Crippen LogP) is 3.86. The van der Waals surface area contributed by atoms with Gasteiger partial charge in [0.2, 0.25) is 5.91 Å². The average molecular weight is 356 g/mol. The van der Waals surface area contributed by atoms with Crippen LogP contribution in [0.25, 0.3) is 0 Å². The number of aromatic nitrogens is 2. The topological polar surface area (TPSA) is 46.9 Å². The molecule has 4 nitrogen and oxygen atoms in total. The van der Waals surface area contributed by atoms with Crippen LogP contribution in [-0.4, -0.2) is 22.2 Å². The van der Waals surface area contributed by atoms with Gasteiger partial charge in [-0.2, -0.15) is 5.10 Å². The molecule has 0 radical (unpaired) electrons. The molecular weight excluding hydrogens is 322 g/mol. The van der Waals surface area contributed by atoms with E-state index in [2.05, 4.69) is 24.3 Å². The van der Waals surface area contributed by atoms with Crippen molar-refractivity contribution in [2.75, 3.05) is 6.54 Å². The van der Waals surface area contributed by atoms with Gasteiger partial charge in [-0.05, 0) is 94.4 Å². The van der Waals surface area contributed by atoms with Gasteiger partial charge in [-0.15, -0.1) is 0 Å². The molecule has 4 heteroatoms. The second-order valence-corrected chi connectivity index (χ2v) is 9.34. The third-order valence-corrected chi connectivity index (χ3v) is 7.56. The minimum absolute atomic E-state index is 0.0810. The van der Waals surface area contributed by atoms with Gasteiger partial charge in [0.25, 0.3) is 0 Å². The minimum atomic E-state index is 0.0810. The molecule has 142 valence electrons. The highest BCUT2D eigenvalue weighted by molar-refractivity contribution is 5.88. The van der Waals surface area contributed by atoms with Crippen molar-refractivity contribution in [3.63, 3.8) is 0 Å². The van der Waals surface area contributed by atoms with Gasteiger partial charge in [0.05, 0.1) is 5.69 Å². The number of carbonyl (C=O) groups is 1. The number of hydrogen-bond donors (Lipinski definition) is 1. The maximum atomic E-state index is 12.5. The fraction of sp³-hybridized carbons (Fsp3) is 0.727. The van der Waals surface area contributed by atoms with Crippen LogP contribution < -0.4 is 5.32 Å². The third kappa shape index (κ3) is 3.12. The molecule has 0 spiro atoms. The zero-order chi connectivity index (χ0) is 18.5. The van der Waals surface area contributed by atoms with Gasteiger partial charge in [0.15, 0.2) is 0 Å². The van der Waals surface area contributed by atoms with Crippen LogP contribution in [0, 0.1) is 37.0 Å². The van der Waals surface area contributed by atoms with E-state index in [0.717, 1.165) is 29.9 Å². The molecule has 4 saturated carbocycles. The molecule has 1 aromatic heterocycles. The summed E-state index contributed by atoms with van der Waals surface area (Å²) in [6.45, 7) is 7.02. The molecule has 0 unspecified atom stereocenters. The second kappa shape index (κ2) is 6.54. The summed E-state index contributed by atoms with van der Waals surface area (Å²) in [5.41, 5.74) is 5.19. The Morgan fingerprint density at radius 3 is 2.27 bits per heavy atom. The van der Waals surface area contributed by atoms with Crippen LogP contribution in [0.4, 0.5) is 0 Å². The highest BCUT2D eigenvalue weighted by Gasteiger charge is 2.51. The number of hydrogen-bond acceptors (Lipinski definition) is 2. The summed E-state index contributed by atoms with van der Waals surface area (Å²) in [5, 5.41) is 7.56. The van der Waals surface area contributed by atoms with Gasteiger partial charge in [-0.3, -0.25) is 9.48 Å². The van der Waals surface area contributed by atoms with Crippen molar-refractivity contribution in [1.82, 2.24) is 15.1 Å². The van der Waals surface area contributed by atoms with E-state index in [1.165, 1.54) is 55.4 Å². The zero-order valence-electron chi connectivity index (χ0n) is 16.8. The Morgan fingerprint density at radius 2 is 1.77 bits per heavy atom. The highest BCUT2D eigenvalue weighted by Crippen LogP contribution is 2.62. The number of aryl methyl sites for hydroxylation is 2. The Balaban J connectivity index is 1.36. The molecule has 4 aliphatic carbocycles. The van der Waals surface area contributed by atoms with Crippen LogP contribution in [0.5, 0.6) is 0 Å². The monoisotopic (exact) mass is 355 g/mol. The fourth-order valence-electron chi connectivity index (χ4n) is 6.48. The van der Waals surface area contributed by atoms with Crippen molar-refractivity contribution >= 4 is 5.91 Å². The first-order chi connectivity index (χ1) is 12.4. The van der Waals surface area contributed by atoms with Crippen LogP contribution in [0.1, 0.15) is 62.4 Å². The van der Waals surface area contributed by atoms with E-state index in [4.69, 9.17) is 0 Å². The van der Waals surface area contributed by atoms with E-state index >= 15 is 0 Å². The predicted molar refractivity (Wildman–Crippen MR) is 104 cm³/mol. The minimum Gasteiger partial charge on any atom is -0.352 e. The van der Waals surface area contributed by atoms with E-state index < -0.39 is 0 Å². The standard InChI is InChI=1S/C22H33N3O/c1-14(22-11-17-8-18(12-22)10-19(9-17)13-22)7-21(26)23-6-5-20-15(2)24-25(4)16(20)3/h7,17-19H,5-6,8-13H2,1-4H3,(H,23,26)/b14-7-. The summed E-state index contributed by atoms with van der Waals surface area (Å²) in [6, 6.07) is 0. The largest absolute Gasteiger partial charge is 0.352 e. The molecular formula is C22H33N3O. The second-order valence-electron chi connectivity index (χ2n) is 9.34. The molecule has 26 heavy (non-hydrogen) atoms. The average Bonchev–Trinajstić information content (AvgIpc) is 2.79. The first-order valence-corrected chi connectivity index (χ1v) is 10.3. The van der Waals surface area contributed by atoms with Crippen molar-refractivity contribution in [2.24, 2.45) is 30.2 Å². The molecule has 4 fully saturated rings. The Kier molecular flexibility index (Phi) is 4.48. The number of nitrogens with zero attached hydrogens (tertiary/aromatic N) is 2. The summed E-state index contributed by atoms with van der Waals surface area (Å²) >= 11 is 0. The van der Waals surface area contributed by atoms with E-state index in [-0.39, 0.29) is 5.91 Å². The fourth-order valence-corrected chi connectivity index (χ4v) is 6.48. The van der Waals surface area contributed by atoms with E-state index in [0.29, 0.717) is 12.0 Å². The lowest BCUT2D eigenvalue weighted by Gasteiger charge is -2.57. The molecule has 1 N–H and O–H groups in total. The van der Waals surface area contributed by atoms with Crippen molar-refractivity contribution in [3.8, 4) is 0 Å². The zero-order valence-corrected chi connectivity index (χ0v) is 16.8. The summed E-state index contributed by atoms with van der Waals surface area (Å²) in [6.07, 6.45) is 11.1. The van der Waals surface area contributed by atoms with Gasteiger partial charge >= 0.3 is 0 Å². The Bertz CT molecular complexity index is 708. The summed E-state index contributed by atoms with van der Waals surface area (Å²) < 4.78 is 1.92. The van der Waals surface area contributed by atoms with Crippen LogP contribution in [0.3, 0.4) is 0 Å². The summed E-state index contributed by atoms with van der Waals surface area (Å²) in [4.78, 5) is 12.5. The van der Waals surface area contributed by atoms with Gasteiger partial charge in [-0.1, -0.05) is 5.57 Å². The van der Waals surface area contributed by atoms with Crippen LogP contribution in [-0.2, 0) is 18.3 Å². The van der Waals surface area contributed by atoms with Gasteiger partial charge in [-0.25, -0.2) is 0 Å². The molecule has 4 bridgehead atoms. The lowest BCUT2D eigenvalue weighted by Crippen LogP contribution is -2.46. The third-order valence-electron chi connectivity index (χ3n) is 7.56. The molecule has 1 heterocycles. The Hall–Kier alpha value is -1.58. The van der Waals surface area contributed by atoms with Crippen LogP contribution in [0.2, 0.25) is 0 Å². The summed E-state index contributed by atoms with van der Waals surface area (Å²) in [5.74, 6) is 2.84. The van der Waals surface area contributed by atoms with Crippen molar-refractivity contribution in [2.45, 2.75) is 65.7 Å². The molecule has 1 amide bonds. The number of amides is 1. The van der Waals surface area contributed by atoms with E-state index in [9.17, 15) is 4.79 Å². The van der Waals surface area contributed by atoms with Gasteiger partial charge in [0.1, 0.15) is 0 Å². The van der Waals surface area contributed by atoms with Crippen LogP contribution in [0.15, 0.2) is 11.6 Å². The number of allylic oxidation sites excluding steroid dienone is 1. The Labute approximate surface area is 157 Å². The molecule has 0 saturated heterocycles. The summed E-state index contributed by atoms with van der Waals surface area (Å²) in [7, 11) is 1.97. The van der Waals surface area contributed by atoms with Gasteiger partial charge < -0.3 is 5.32 Å². The first-order valence-electron chi connectivity index (χ1n) is 10.3. The first kappa shape index (κ1) is 17.8. The molecule has 1 aromatic rings. The lowest BCUT2D eigenvalue weighted by molar-refractivity contribution is -0.116. The maximum Gasteiger partial charge on any atom is 0.243 e. The molecule has 0 aliphatic heterocycles. The van der Waals surface area contributed by atoms with E-state index in [1.54, 1.807) is 0 Å². The molecule has 5 rings (SSSR count). The number of carbonyl (C=O) groups excluding carboxylic acids is 1. The lowest BCUT2D eigenvalue weighted by atomic mass is 9.48. The van der Waals surface area contributed by atoms with Crippen molar-refractivity contribution < 1.29 is 4.79 Å². The van der Waals surface area contributed by atoms with E-state index in [1.807, 2.05) is 24.7 Å². The Morgan fingerprint density at radius 1 is 1.19 bits per heavy atom. The van der Waals surface area contributed by atoms with Crippen molar-refractivity contribution in [1.29, 1.82) is 0 Å². The quantitative estimate of drug-likeness (QED) is 0.815. The maximum absolute atomic E-state index is 12.5. The number of rotatable bonds is 5. The van der Waals surface area contributed by atoms with Crippen LogP contribution >= 0.6 is 0 Å². The SMILES string of the molecule is C/C(=C/C(=O)NCCc1c(C)nn(C)c1C)C12CC3CC(CC(C3)C1)C2. The highest BCUT2D eigenvalue weighted by atomic mass is 16.1. The smallest absolute Gasteiger partial charge is 0.243 e. The molecule has 0 aromatic carbocycles. The normalized spacial score (nSPS) is 32.9.